The van der Waals surface area contributed by atoms with Gasteiger partial charge in [-0.3, -0.25) is 4.79 Å². The molecule has 5 nitrogen and oxygen atoms in total. The highest BCUT2D eigenvalue weighted by molar-refractivity contribution is 7.13. The van der Waals surface area contributed by atoms with E-state index in [9.17, 15) is 4.79 Å². The molecule has 28 heavy (non-hydrogen) atoms. The van der Waals surface area contributed by atoms with Crippen LogP contribution in [-0.4, -0.2) is 39.7 Å². The van der Waals surface area contributed by atoms with E-state index in [0.29, 0.717) is 18.8 Å². The van der Waals surface area contributed by atoms with E-state index in [4.69, 9.17) is 5.73 Å². The fourth-order valence-corrected chi connectivity index (χ4v) is 4.29. The molecular weight excluding hydrogens is 392 g/mol. The van der Waals surface area contributed by atoms with Crippen molar-refractivity contribution in [1.82, 2.24) is 14.7 Å². The molecule has 2 aromatic heterocycles. The number of aromatic nitrogens is 2. The maximum Gasteiger partial charge on any atom is 0.274 e. The van der Waals surface area contributed by atoms with Crippen LogP contribution < -0.4 is 5.73 Å². The van der Waals surface area contributed by atoms with E-state index in [2.05, 4.69) is 25.0 Å². The number of rotatable bonds is 3. The average Bonchev–Trinajstić information content (AvgIpc) is 3.33. The highest BCUT2D eigenvalue weighted by atomic mass is 35.5. The van der Waals surface area contributed by atoms with Crippen molar-refractivity contribution >= 4 is 29.7 Å². The topological polar surface area (TPSA) is 64.2 Å². The summed E-state index contributed by atoms with van der Waals surface area (Å²) < 4.78 is 1.86. The number of halogens is 1. The minimum absolute atomic E-state index is 0. The highest BCUT2D eigenvalue weighted by Gasteiger charge is 2.36. The molecule has 3 aromatic rings. The highest BCUT2D eigenvalue weighted by Crippen LogP contribution is 2.31. The van der Waals surface area contributed by atoms with E-state index in [1.165, 1.54) is 0 Å². The molecule has 148 valence electrons. The van der Waals surface area contributed by atoms with Crippen molar-refractivity contribution in [3.63, 3.8) is 0 Å². The molecule has 0 spiro atoms. The fraction of sp³-hybridized carbons (Fsp3) is 0.333. The number of hydrogen-bond acceptors (Lipinski definition) is 4. The van der Waals surface area contributed by atoms with Crippen LogP contribution in [0, 0.1) is 5.41 Å². The van der Waals surface area contributed by atoms with E-state index >= 15 is 0 Å². The molecule has 7 heteroatoms. The van der Waals surface area contributed by atoms with Crippen LogP contribution >= 0.6 is 23.7 Å². The lowest BCUT2D eigenvalue weighted by atomic mass is 9.79. The van der Waals surface area contributed by atoms with Crippen LogP contribution in [0.3, 0.4) is 0 Å². The molecule has 1 atom stereocenters. The third-order valence-corrected chi connectivity index (χ3v) is 6.19. The zero-order chi connectivity index (χ0) is 19.0. The Labute approximate surface area is 175 Å². The summed E-state index contributed by atoms with van der Waals surface area (Å²) >= 11 is 1.64. The van der Waals surface area contributed by atoms with Gasteiger partial charge in [-0.1, -0.05) is 38.1 Å². The molecule has 1 fully saturated rings. The molecule has 0 saturated carbocycles. The number of nitrogens with zero attached hydrogens (tertiary/aromatic N) is 3. The molecule has 0 bridgehead atoms. The van der Waals surface area contributed by atoms with Crippen molar-refractivity contribution in [3.8, 4) is 16.3 Å². The Hall–Kier alpha value is -2.15. The van der Waals surface area contributed by atoms with Gasteiger partial charge in [0.05, 0.1) is 16.3 Å². The summed E-state index contributed by atoms with van der Waals surface area (Å²) in [6, 6.07) is 16.0. The second-order valence-electron chi connectivity index (χ2n) is 7.75. The van der Waals surface area contributed by atoms with Crippen molar-refractivity contribution in [1.29, 1.82) is 0 Å². The fourth-order valence-electron chi connectivity index (χ4n) is 3.56. The first-order valence-electron chi connectivity index (χ1n) is 9.20. The van der Waals surface area contributed by atoms with Gasteiger partial charge in [0.15, 0.2) is 5.69 Å². The summed E-state index contributed by atoms with van der Waals surface area (Å²) in [4.78, 5) is 16.2. The lowest BCUT2D eigenvalue weighted by Crippen LogP contribution is -2.54. The number of likely N-dealkylation sites (tertiary alicyclic amines) is 1. The Bertz CT molecular complexity index is 937. The molecule has 1 aliphatic rings. The summed E-state index contributed by atoms with van der Waals surface area (Å²) in [5.74, 6) is -0.0255. The van der Waals surface area contributed by atoms with Gasteiger partial charge in [-0.25, -0.2) is 4.68 Å². The molecule has 1 aliphatic heterocycles. The lowest BCUT2D eigenvalue weighted by Gasteiger charge is -2.42. The first kappa shape index (κ1) is 20.6. The van der Waals surface area contributed by atoms with Crippen molar-refractivity contribution < 1.29 is 4.79 Å². The van der Waals surface area contributed by atoms with Crippen LogP contribution in [0.1, 0.15) is 30.8 Å². The normalized spacial score (nSPS) is 18.5. The third-order valence-electron chi connectivity index (χ3n) is 5.30. The summed E-state index contributed by atoms with van der Waals surface area (Å²) in [7, 11) is 0. The van der Waals surface area contributed by atoms with E-state index in [1.807, 2.05) is 57.4 Å². The number of hydrogen-bond donors (Lipinski definition) is 1. The number of benzene rings is 1. The Morgan fingerprint density at radius 2 is 1.96 bits per heavy atom. The zero-order valence-corrected chi connectivity index (χ0v) is 17.7. The minimum Gasteiger partial charge on any atom is -0.337 e. The minimum atomic E-state index is -0.0908. The molecule has 1 saturated heterocycles. The van der Waals surface area contributed by atoms with Crippen LogP contribution in [0.2, 0.25) is 0 Å². The Morgan fingerprint density at radius 3 is 2.61 bits per heavy atom. The standard InChI is InChI=1S/C21H24N4OS.ClH/c1-21(2)14-24(11-10-19(21)22)20(26)16-13-17(18-9-6-12-27-18)25(23-16)15-7-4-3-5-8-15;/h3-9,12-13,19H,10-11,14,22H2,1-2H3;1H. The van der Waals surface area contributed by atoms with Crippen LogP contribution in [0.25, 0.3) is 16.3 Å². The molecule has 1 unspecified atom stereocenters. The Morgan fingerprint density at radius 1 is 1.21 bits per heavy atom. The molecule has 0 radical (unpaired) electrons. The van der Waals surface area contributed by atoms with Gasteiger partial charge in [0, 0.05) is 19.1 Å². The summed E-state index contributed by atoms with van der Waals surface area (Å²) in [6.07, 6.45) is 0.815. The van der Waals surface area contributed by atoms with Crippen LogP contribution in [0.4, 0.5) is 0 Å². The molecule has 1 amide bonds. The van der Waals surface area contributed by atoms with Gasteiger partial charge in [0.25, 0.3) is 5.91 Å². The van der Waals surface area contributed by atoms with E-state index < -0.39 is 0 Å². The number of carbonyl (C=O) groups excluding carboxylic acids is 1. The maximum absolute atomic E-state index is 13.2. The van der Waals surface area contributed by atoms with Crippen LogP contribution in [0.5, 0.6) is 0 Å². The largest absolute Gasteiger partial charge is 0.337 e. The SMILES string of the molecule is CC1(C)CN(C(=O)c2cc(-c3cccs3)n(-c3ccccc3)n2)CCC1N.Cl. The van der Waals surface area contributed by atoms with Gasteiger partial charge in [0.2, 0.25) is 0 Å². The number of nitrogens with two attached hydrogens (primary N) is 1. The quantitative estimate of drug-likeness (QED) is 0.695. The van der Waals surface area contributed by atoms with Gasteiger partial charge in [-0.15, -0.1) is 23.7 Å². The molecule has 2 N–H and O–H groups in total. The number of thiophene rings is 1. The van der Waals surface area contributed by atoms with Gasteiger partial charge < -0.3 is 10.6 Å². The van der Waals surface area contributed by atoms with E-state index in [1.54, 1.807) is 11.3 Å². The predicted octanol–water partition coefficient (Wildman–Crippen LogP) is 4.22. The second-order valence-corrected chi connectivity index (χ2v) is 8.70. The van der Waals surface area contributed by atoms with E-state index in [0.717, 1.165) is 22.7 Å². The summed E-state index contributed by atoms with van der Waals surface area (Å²) in [5, 5.41) is 6.71. The number of piperidine rings is 1. The maximum atomic E-state index is 13.2. The predicted molar refractivity (Wildman–Crippen MR) is 116 cm³/mol. The van der Waals surface area contributed by atoms with Crippen molar-refractivity contribution in [2.45, 2.75) is 26.3 Å². The third kappa shape index (κ3) is 3.85. The molecule has 0 aliphatic carbocycles. The summed E-state index contributed by atoms with van der Waals surface area (Å²) in [5.41, 5.74) is 8.50. The monoisotopic (exact) mass is 416 g/mol. The van der Waals surface area contributed by atoms with Gasteiger partial charge >= 0.3 is 0 Å². The van der Waals surface area contributed by atoms with Crippen molar-refractivity contribution in [3.05, 3.63) is 59.6 Å². The molecule has 3 heterocycles. The summed E-state index contributed by atoms with van der Waals surface area (Å²) in [6.45, 7) is 5.57. The Kier molecular flexibility index (Phi) is 5.93. The first-order valence-corrected chi connectivity index (χ1v) is 10.1. The number of carbonyl (C=O) groups is 1. The van der Waals surface area contributed by atoms with Gasteiger partial charge in [0.1, 0.15) is 0 Å². The lowest BCUT2D eigenvalue weighted by molar-refractivity contribution is 0.0527. The first-order chi connectivity index (χ1) is 13.0. The Balaban J connectivity index is 0.00000225. The average molecular weight is 417 g/mol. The zero-order valence-electron chi connectivity index (χ0n) is 16.0. The molecule has 4 rings (SSSR count). The van der Waals surface area contributed by atoms with E-state index in [-0.39, 0.29) is 29.8 Å². The second kappa shape index (κ2) is 8.07. The van der Waals surface area contributed by atoms with Crippen LogP contribution in [0.15, 0.2) is 53.9 Å². The van der Waals surface area contributed by atoms with Gasteiger partial charge in [-0.05, 0) is 41.5 Å². The van der Waals surface area contributed by atoms with Gasteiger partial charge in [-0.2, -0.15) is 5.10 Å². The van der Waals surface area contributed by atoms with Crippen molar-refractivity contribution in [2.24, 2.45) is 11.1 Å². The molecule has 1 aromatic carbocycles. The van der Waals surface area contributed by atoms with Crippen molar-refractivity contribution in [2.75, 3.05) is 13.1 Å². The molecular formula is C21H25ClN4OS. The number of para-hydroxylation sites is 1. The number of amides is 1. The smallest absolute Gasteiger partial charge is 0.274 e. The van der Waals surface area contributed by atoms with Crippen LogP contribution in [-0.2, 0) is 0 Å².